The first-order valence-electron chi connectivity index (χ1n) is 5.53. The van der Waals surface area contributed by atoms with Crippen molar-refractivity contribution in [1.29, 1.82) is 5.26 Å². The highest BCUT2D eigenvalue weighted by Crippen LogP contribution is 2.19. The molecule has 17 heavy (non-hydrogen) atoms. The van der Waals surface area contributed by atoms with Crippen molar-refractivity contribution in [3.05, 3.63) is 33.8 Å². The third kappa shape index (κ3) is 3.57. The maximum atomic E-state index is 12.0. The van der Waals surface area contributed by atoms with Gasteiger partial charge >= 0.3 is 0 Å². The highest BCUT2D eigenvalue weighted by Gasteiger charge is 2.14. The van der Waals surface area contributed by atoms with Gasteiger partial charge in [-0.05, 0) is 31.0 Å². The third-order valence-corrected chi connectivity index (χ3v) is 3.54. The van der Waals surface area contributed by atoms with Crippen molar-refractivity contribution in [2.75, 3.05) is 0 Å². The molecule has 0 aliphatic carbocycles. The summed E-state index contributed by atoms with van der Waals surface area (Å²) in [7, 11) is 0. The van der Waals surface area contributed by atoms with Crippen LogP contribution in [0.2, 0.25) is 0 Å². The summed E-state index contributed by atoms with van der Waals surface area (Å²) in [5.74, 6) is -0.120. The minimum atomic E-state index is -0.120. The minimum absolute atomic E-state index is 0.0779. The number of rotatable bonds is 4. The second-order valence-corrected chi connectivity index (χ2v) is 4.71. The van der Waals surface area contributed by atoms with Crippen molar-refractivity contribution in [1.82, 2.24) is 5.32 Å². The number of hydrogen-bond acceptors (Lipinski definition) is 2. The number of halogens is 1. The predicted molar refractivity (Wildman–Crippen MR) is 70.7 cm³/mol. The molecule has 0 aliphatic heterocycles. The third-order valence-electron chi connectivity index (χ3n) is 2.68. The Morgan fingerprint density at radius 3 is 2.88 bits per heavy atom. The summed E-state index contributed by atoms with van der Waals surface area (Å²) in [6, 6.07) is 7.52. The van der Waals surface area contributed by atoms with Crippen molar-refractivity contribution in [2.24, 2.45) is 0 Å². The SMILES string of the molecule is CCC(CC#N)NC(=O)c1cccc(Br)c1C. The molecule has 1 aromatic rings. The van der Waals surface area contributed by atoms with Crippen LogP contribution in [0, 0.1) is 18.3 Å². The van der Waals surface area contributed by atoms with E-state index in [4.69, 9.17) is 5.26 Å². The standard InChI is InChI=1S/C13H15BrN2O/c1-3-10(7-8-15)16-13(17)11-5-4-6-12(14)9(11)2/h4-6,10H,3,7H2,1-2H3,(H,16,17). The summed E-state index contributed by atoms with van der Waals surface area (Å²) in [4.78, 5) is 12.0. The lowest BCUT2D eigenvalue weighted by atomic mass is 10.1. The van der Waals surface area contributed by atoms with Gasteiger partial charge in [-0.15, -0.1) is 0 Å². The van der Waals surface area contributed by atoms with E-state index in [1.165, 1.54) is 0 Å². The van der Waals surface area contributed by atoms with Crippen LogP contribution in [0.5, 0.6) is 0 Å². The molecule has 0 spiro atoms. The molecule has 4 heteroatoms. The van der Waals surface area contributed by atoms with Crippen LogP contribution in [0.1, 0.15) is 35.7 Å². The van der Waals surface area contributed by atoms with E-state index >= 15 is 0 Å². The Kier molecular flexibility index (Phi) is 5.17. The Morgan fingerprint density at radius 1 is 1.59 bits per heavy atom. The molecule has 1 aromatic carbocycles. The molecule has 3 nitrogen and oxygen atoms in total. The van der Waals surface area contributed by atoms with Crippen molar-refractivity contribution >= 4 is 21.8 Å². The van der Waals surface area contributed by atoms with Gasteiger partial charge in [0.1, 0.15) is 0 Å². The number of amides is 1. The summed E-state index contributed by atoms with van der Waals surface area (Å²) < 4.78 is 0.915. The van der Waals surface area contributed by atoms with Gasteiger partial charge in [0.25, 0.3) is 5.91 Å². The van der Waals surface area contributed by atoms with E-state index in [-0.39, 0.29) is 11.9 Å². The van der Waals surface area contributed by atoms with Gasteiger partial charge in [-0.3, -0.25) is 4.79 Å². The number of nitrogens with one attached hydrogen (secondary N) is 1. The molecule has 0 heterocycles. The second kappa shape index (κ2) is 6.41. The first-order valence-corrected chi connectivity index (χ1v) is 6.32. The number of nitrogens with zero attached hydrogens (tertiary/aromatic N) is 1. The number of carbonyl (C=O) groups excluding carboxylic acids is 1. The number of hydrogen-bond donors (Lipinski definition) is 1. The molecule has 0 fully saturated rings. The van der Waals surface area contributed by atoms with E-state index < -0.39 is 0 Å². The lowest BCUT2D eigenvalue weighted by molar-refractivity contribution is 0.0936. The summed E-state index contributed by atoms with van der Waals surface area (Å²) in [6.07, 6.45) is 1.10. The first kappa shape index (κ1) is 13.7. The molecule has 1 amide bonds. The average Bonchev–Trinajstić information content (AvgIpc) is 2.31. The molecule has 1 unspecified atom stereocenters. The molecule has 0 saturated carbocycles. The minimum Gasteiger partial charge on any atom is -0.348 e. The molecule has 0 aromatic heterocycles. The van der Waals surface area contributed by atoms with Gasteiger partial charge in [0.05, 0.1) is 12.5 Å². The zero-order valence-corrected chi connectivity index (χ0v) is 11.5. The molecule has 0 saturated heterocycles. The van der Waals surface area contributed by atoms with Gasteiger partial charge in [0.2, 0.25) is 0 Å². The Bertz CT molecular complexity index is 451. The van der Waals surface area contributed by atoms with Crippen LogP contribution in [-0.2, 0) is 0 Å². The maximum Gasteiger partial charge on any atom is 0.251 e. The Morgan fingerprint density at radius 2 is 2.29 bits per heavy atom. The highest BCUT2D eigenvalue weighted by molar-refractivity contribution is 9.10. The fourth-order valence-corrected chi connectivity index (χ4v) is 1.89. The maximum absolute atomic E-state index is 12.0. The fraction of sp³-hybridized carbons (Fsp3) is 0.385. The van der Waals surface area contributed by atoms with E-state index in [0.717, 1.165) is 16.5 Å². The molecule has 1 rings (SSSR count). The van der Waals surface area contributed by atoms with Crippen LogP contribution in [0.15, 0.2) is 22.7 Å². The van der Waals surface area contributed by atoms with Crippen LogP contribution in [0.3, 0.4) is 0 Å². The molecular weight excluding hydrogens is 280 g/mol. The van der Waals surface area contributed by atoms with E-state index in [1.807, 2.05) is 26.0 Å². The van der Waals surface area contributed by atoms with Gasteiger partial charge in [-0.1, -0.05) is 28.9 Å². The van der Waals surface area contributed by atoms with Crippen LogP contribution in [0.4, 0.5) is 0 Å². The van der Waals surface area contributed by atoms with Crippen molar-refractivity contribution in [2.45, 2.75) is 32.7 Å². The first-order chi connectivity index (χ1) is 8.10. The zero-order valence-electron chi connectivity index (χ0n) is 9.96. The van der Waals surface area contributed by atoms with Crippen LogP contribution < -0.4 is 5.32 Å². The van der Waals surface area contributed by atoms with Crippen LogP contribution >= 0.6 is 15.9 Å². The van der Waals surface area contributed by atoms with E-state index in [0.29, 0.717) is 12.0 Å². The van der Waals surface area contributed by atoms with Crippen molar-refractivity contribution in [3.8, 4) is 6.07 Å². The van der Waals surface area contributed by atoms with Crippen molar-refractivity contribution in [3.63, 3.8) is 0 Å². The second-order valence-electron chi connectivity index (χ2n) is 3.85. The Hall–Kier alpha value is -1.34. The molecule has 90 valence electrons. The summed E-state index contributed by atoms with van der Waals surface area (Å²) >= 11 is 3.40. The van der Waals surface area contributed by atoms with Gasteiger partial charge in [0, 0.05) is 16.1 Å². The molecule has 0 aliphatic rings. The predicted octanol–water partition coefficient (Wildman–Crippen LogP) is 3.18. The number of carbonyl (C=O) groups is 1. The quantitative estimate of drug-likeness (QED) is 0.927. The smallest absolute Gasteiger partial charge is 0.251 e. The van der Waals surface area contributed by atoms with E-state index in [9.17, 15) is 4.79 Å². The summed E-state index contributed by atoms with van der Waals surface area (Å²) in [5, 5.41) is 11.5. The Balaban J connectivity index is 2.83. The topological polar surface area (TPSA) is 52.9 Å². The molecule has 1 N–H and O–H groups in total. The lowest BCUT2D eigenvalue weighted by Crippen LogP contribution is -2.34. The normalized spacial score (nSPS) is 11.6. The monoisotopic (exact) mass is 294 g/mol. The largest absolute Gasteiger partial charge is 0.348 e. The van der Waals surface area contributed by atoms with Gasteiger partial charge in [-0.25, -0.2) is 0 Å². The van der Waals surface area contributed by atoms with Crippen LogP contribution in [-0.4, -0.2) is 11.9 Å². The van der Waals surface area contributed by atoms with Gasteiger partial charge < -0.3 is 5.32 Å². The molecule has 0 bridgehead atoms. The zero-order chi connectivity index (χ0) is 12.8. The van der Waals surface area contributed by atoms with E-state index in [1.54, 1.807) is 6.07 Å². The number of benzene rings is 1. The van der Waals surface area contributed by atoms with E-state index in [2.05, 4.69) is 27.3 Å². The van der Waals surface area contributed by atoms with Crippen LogP contribution in [0.25, 0.3) is 0 Å². The number of nitriles is 1. The summed E-state index contributed by atoms with van der Waals surface area (Å²) in [6.45, 7) is 3.85. The van der Waals surface area contributed by atoms with Gasteiger partial charge in [0.15, 0.2) is 0 Å². The fourth-order valence-electron chi connectivity index (χ4n) is 1.52. The molecule has 0 radical (unpaired) electrons. The summed E-state index contributed by atoms with van der Waals surface area (Å²) in [5.41, 5.74) is 1.56. The molecule has 1 atom stereocenters. The lowest BCUT2D eigenvalue weighted by Gasteiger charge is -2.15. The molecular formula is C13H15BrN2O. The Labute approximate surface area is 110 Å². The average molecular weight is 295 g/mol. The van der Waals surface area contributed by atoms with Crippen molar-refractivity contribution < 1.29 is 4.79 Å². The van der Waals surface area contributed by atoms with Gasteiger partial charge in [-0.2, -0.15) is 5.26 Å². The highest BCUT2D eigenvalue weighted by atomic mass is 79.9.